The summed E-state index contributed by atoms with van der Waals surface area (Å²) < 4.78 is 39.8. The highest BCUT2D eigenvalue weighted by atomic mass is 32.2. The maximum absolute atomic E-state index is 13.4. The Kier molecular flexibility index (Phi) is 4.96. The van der Waals surface area contributed by atoms with Gasteiger partial charge in [0, 0.05) is 6.04 Å². The summed E-state index contributed by atoms with van der Waals surface area (Å²) in [6.45, 7) is 3.58. The van der Waals surface area contributed by atoms with Gasteiger partial charge in [0.15, 0.2) is 4.90 Å². The maximum atomic E-state index is 13.4. The Balaban J connectivity index is 3.29. The van der Waals surface area contributed by atoms with Crippen molar-refractivity contribution in [1.29, 1.82) is 0 Å². The van der Waals surface area contributed by atoms with Crippen molar-refractivity contribution in [3.63, 3.8) is 0 Å². The monoisotopic (exact) mass is 290 g/mol. The highest BCUT2D eigenvalue weighted by Crippen LogP contribution is 2.26. The molecule has 0 aromatic heterocycles. The quantitative estimate of drug-likeness (QED) is 0.642. The van der Waals surface area contributed by atoms with Crippen molar-refractivity contribution in [3.05, 3.63) is 34.1 Å². The van der Waals surface area contributed by atoms with Gasteiger partial charge in [0.2, 0.25) is 15.8 Å². The average molecular weight is 290 g/mol. The van der Waals surface area contributed by atoms with Crippen molar-refractivity contribution in [2.45, 2.75) is 37.6 Å². The SMILES string of the molecule is CCC(CC)NS(=O)(=O)c1cccc(F)c1[N+](=O)[O-]. The number of benzene rings is 1. The van der Waals surface area contributed by atoms with E-state index < -0.39 is 31.3 Å². The van der Waals surface area contributed by atoms with Crippen molar-refractivity contribution in [2.75, 3.05) is 0 Å². The van der Waals surface area contributed by atoms with Gasteiger partial charge in [-0.3, -0.25) is 10.1 Å². The molecule has 0 saturated heterocycles. The number of sulfonamides is 1. The Morgan fingerprint density at radius 3 is 2.42 bits per heavy atom. The summed E-state index contributed by atoms with van der Waals surface area (Å²) in [5.41, 5.74) is -1.03. The lowest BCUT2D eigenvalue weighted by molar-refractivity contribution is -0.390. The molecule has 1 N–H and O–H groups in total. The molecular formula is C11H15FN2O4S. The van der Waals surface area contributed by atoms with Crippen LogP contribution in [0.4, 0.5) is 10.1 Å². The number of rotatable bonds is 6. The summed E-state index contributed by atoms with van der Waals surface area (Å²) in [5, 5.41) is 10.8. The van der Waals surface area contributed by atoms with Crippen molar-refractivity contribution in [3.8, 4) is 0 Å². The number of halogens is 1. The number of nitrogens with zero attached hydrogens (tertiary/aromatic N) is 1. The minimum atomic E-state index is -4.11. The summed E-state index contributed by atoms with van der Waals surface area (Å²) in [4.78, 5) is 9.11. The molecule has 0 amide bonds. The summed E-state index contributed by atoms with van der Waals surface area (Å²) in [6, 6.07) is 2.66. The second kappa shape index (κ2) is 6.07. The number of nitro groups is 1. The number of nitrogens with one attached hydrogen (secondary N) is 1. The average Bonchev–Trinajstić information content (AvgIpc) is 2.35. The lowest BCUT2D eigenvalue weighted by Gasteiger charge is -2.15. The molecule has 0 aliphatic rings. The van der Waals surface area contributed by atoms with E-state index in [1.54, 1.807) is 13.8 Å². The van der Waals surface area contributed by atoms with Crippen LogP contribution in [0, 0.1) is 15.9 Å². The smallest absolute Gasteiger partial charge is 0.258 e. The minimum absolute atomic E-state index is 0.340. The van der Waals surface area contributed by atoms with Gasteiger partial charge in [0.1, 0.15) is 0 Å². The van der Waals surface area contributed by atoms with Gasteiger partial charge in [0.25, 0.3) is 0 Å². The van der Waals surface area contributed by atoms with Gasteiger partial charge in [-0.2, -0.15) is 4.39 Å². The summed E-state index contributed by atoms with van der Waals surface area (Å²) in [7, 11) is -4.11. The first-order chi connectivity index (χ1) is 8.83. The maximum Gasteiger partial charge on any atom is 0.324 e. The molecule has 0 fully saturated rings. The molecule has 0 heterocycles. The van der Waals surface area contributed by atoms with Crippen LogP contribution in [0.2, 0.25) is 0 Å². The zero-order valence-electron chi connectivity index (χ0n) is 10.6. The topological polar surface area (TPSA) is 89.3 Å². The zero-order valence-corrected chi connectivity index (χ0v) is 11.4. The molecule has 1 aromatic rings. The van der Waals surface area contributed by atoms with Crippen LogP contribution in [-0.2, 0) is 10.0 Å². The van der Waals surface area contributed by atoms with Gasteiger partial charge in [-0.1, -0.05) is 19.9 Å². The van der Waals surface area contributed by atoms with E-state index >= 15 is 0 Å². The van der Waals surface area contributed by atoms with Crippen molar-refractivity contribution >= 4 is 15.7 Å². The van der Waals surface area contributed by atoms with Crippen LogP contribution >= 0.6 is 0 Å². The molecule has 0 aliphatic carbocycles. The molecule has 0 bridgehead atoms. The third-order valence-corrected chi connectivity index (χ3v) is 4.28. The summed E-state index contributed by atoms with van der Waals surface area (Å²) in [6.07, 6.45) is 1.08. The van der Waals surface area contributed by atoms with Gasteiger partial charge < -0.3 is 0 Å². The number of nitro benzene ring substituents is 1. The second-order valence-electron chi connectivity index (χ2n) is 3.98. The molecular weight excluding hydrogens is 275 g/mol. The Morgan fingerprint density at radius 2 is 1.95 bits per heavy atom. The molecule has 1 rings (SSSR count). The van der Waals surface area contributed by atoms with Crippen LogP contribution in [0.15, 0.2) is 23.1 Å². The van der Waals surface area contributed by atoms with Gasteiger partial charge >= 0.3 is 5.69 Å². The van der Waals surface area contributed by atoms with Gasteiger partial charge in [-0.15, -0.1) is 0 Å². The molecule has 1 aromatic carbocycles. The molecule has 0 atom stereocenters. The Morgan fingerprint density at radius 1 is 1.37 bits per heavy atom. The second-order valence-corrected chi connectivity index (χ2v) is 5.66. The lowest BCUT2D eigenvalue weighted by Crippen LogP contribution is -2.34. The highest BCUT2D eigenvalue weighted by Gasteiger charge is 2.30. The summed E-state index contributed by atoms with van der Waals surface area (Å²) in [5.74, 6) is -1.17. The van der Waals surface area contributed by atoms with Crippen LogP contribution < -0.4 is 4.72 Å². The zero-order chi connectivity index (χ0) is 14.6. The van der Waals surface area contributed by atoms with E-state index in [0.29, 0.717) is 12.8 Å². The first-order valence-electron chi connectivity index (χ1n) is 5.78. The number of hydrogen-bond acceptors (Lipinski definition) is 4. The normalized spacial score (nSPS) is 11.8. The Labute approximate surface area is 110 Å². The van der Waals surface area contributed by atoms with Crippen molar-refractivity contribution in [1.82, 2.24) is 4.72 Å². The minimum Gasteiger partial charge on any atom is -0.258 e. The van der Waals surface area contributed by atoms with E-state index in [2.05, 4.69) is 4.72 Å². The predicted molar refractivity (Wildman–Crippen MR) is 67.7 cm³/mol. The lowest BCUT2D eigenvalue weighted by atomic mass is 10.2. The third-order valence-electron chi connectivity index (χ3n) is 2.73. The summed E-state index contributed by atoms with van der Waals surface area (Å²) >= 11 is 0. The fourth-order valence-corrected chi connectivity index (χ4v) is 3.21. The van der Waals surface area contributed by atoms with E-state index in [1.807, 2.05) is 0 Å². The van der Waals surface area contributed by atoms with E-state index in [1.165, 1.54) is 0 Å². The van der Waals surface area contributed by atoms with E-state index in [4.69, 9.17) is 0 Å². The van der Waals surface area contributed by atoms with Crippen LogP contribution in [0.1, 0.15) is 26.7 Å². The largest absolute Gasteiger partial charge is 0.324 e. The van der Waals surface area contributed by atoms with Gasteiger partial charge in [-0.05, 0) is 25.0 Å². The number of para-hydroxylation sites is 1. The van der Waals surface area contributed by atoms with Crippen molar-refractivity contribution < 1.29 is 17.7 Å². The molecule has 6 nitrogen and oxygen atoms in total. The van der Waals surface area contributed by atoms with Crippen LogP contribution in [-0.4, -0.2) is 19.4 Å². The molecule has 0 saturated carbocycles. The van der Waals surface area contributed by atoms with Crippen LogP contribution in [0.3, 0.4) is 0 Å². The molecule has 106 valence electrons. The third kappa shape index (κ3) is 3.48. The van der Waals surface area contributed by atoms with Crippen molar-refractivity contribution in [2.24, 2.45) is 0 Å². The van der Waals surface area contributed by atoms with Crippen LogP contribution in [0.5, 0.6) is 0 Å². The van der Waals surface area contributed by atoms with Gasteiger partial charge in [-0.25, -0.2) is 13.1 Å². The van der Waals surface area contributed by atoms with E-state index in [0.717, 1.165) is 18.2 Å². The molecule has 0 unspecified atom stereocenters. The Bertz CT molecular complexity index is 570. The fraction of sp³-hybridized carbons (Fsp3) is 0.455. The molecule has 0 radical (unpaired) electrons. The number of hydrogen-bond donors (Lipinski definition) is 1. The van der Waals surface area contributed by atoms with E-state index in [-0.39, 0.29) is 6.04 Å². The molecule has 8 heteroatoms. The first-order valence-corrected chi connectivity index (χ1v) is 7.27. The van der Waals surface area contributed by atoms with Gasteiger partial charge in [0.05, 0.1) is 4.92 Å². The van der Waals surface area contributed by atoms with Crippen LogP contribution in [0.25, 0.3) is 0 Å². The molecule has 0 spiro atoms. The Hall–Kier alpha value is -1.54. The molecule has 0 aliphatic heterocycles. The van der Waals surface area contributed by atoms with E-state index in [9.17, 15) is 22.9 Å². The fourth-order valence-electron chi connectivity index (χ4n) is 1.63. The predicted octanol–water partition coefficient (Wildman–Crippen LogP) is 2.20. The molecule has 19 heavy (non-hydrogen) atoms. The first kappa shape index (κ1) is 15.5. The standard InChI is InChI=1S/C11H15FN2O4S/c1-3-8(4-2)13-19(17,18)10-7-5-6-9(12)11(10)14(15)16/h5-8,13H,3-4H2,1-2H3. The highest BCUT2D eigenvalue weighted by molar-refractivity contribution is 7.89.